The third kappa shape index (κ3) is 6.05. The summed E-state index contributed by atoms with van der Waals surface area (Å²) < 4.78 is 32.3. The summed E-state index contributed by atoms with van der Waals surface area (Å²) >= 11 is 6.22. The highest BCUT2D eigenvalue weighted by atomic mass is 35.5. The Kier molecular flexibility index (Phi) is 7.74. The van der Waals surface area contributed by atoms with Gasteiger partial charge in [-0.3, -0.25) is 4.68 Å². The van der Waals surface area contributed by atoms with Crippen LogP contribution >= 0.6 is 11.6 Å². The summed E-state index contributed by atoms with van der Waals surface area (Å²) in [5, 5.41) is 5.69. The van der Waals surface area contributed by atoms with E-state index in [0.717, 1.165) is 39.2 Å². The molecule has 1 heterocycles. The predicted molar refractivity (Wildman–Crippen MR) is 152 cm³/mol. The van der Waals surface area contributed by atoms with Crippen molar-refractivity contribution in [2.24, 2.45) is 0 Å². The highest BCUT2D eigenvalue weighted by Gasteiger charge is 2.22. The molecule has 0 saturated carbocycles. The molecule has 0 aliphatic carbocycles. The van der Waals surface area contributed by atoms with Crippen LogP contribution in [0.2, 0.25) is 5.02 Å². The molecule has 0 spiro atoms. The van der Waals surface area contributed by atoms with Gasteiger partial charge in [-0.1, -0.05) is 96.5 Å². The molecule has 0 bridgehead atoms. The standard InChI is InChI=1S/C31H27ClN2O3S/c1-38(35,36)28-18-14-26(15-19-28)31-30(25-12-16-27(32)17-13-25)29(22-37-21-24-10-6-3-7-11-24)34(33-31)20-23-8-4-2-5-9-23/h2-19H,20-22H2,1H3. The van der Waals surface area contributed by atoms with Gasteiger partial charge in [0.2, 0.25) is 0 Å². The van der Waals surface area contributed by atoms with Crippen LogP contribution in [0.3, 0.4) is 0 Å². The minimum absolute atomic E-state index is 0.268. The van der Waals surface area contributed by atoms with E-state index in [0.29, 0.717) is 24.8 Å². The van der Waals surface area contributed by atoms with Gasteiger partial charge in [0.1, 0.15) is 5.69 Å². The van der Waals surface area contributed by atoms with Crippen LogP contribution in [-0.2, 0) is 34.3 Å². The van der Waals surface area contributed by atoms with Gasteiger partial charge in [0.25, 0.3) is 0 Å². The summed E-state index contributed by atoms with van der Waals surface area (Å²) in [5.41, 5.74) is 6.58. The summed E-state index contributed by atoms with van der Waals surface area (Å²) in [6.07, 6.45) is 1.21. The SMILES string of the molecule is CS(=O)(=O)c1ccc(-c2nn(Cc3ccccc3)c(COCc3ccccc3)c2-c2ccc(Cl)cc2)cc1. The van der Waals surface area contributed by atoms with Gasteiger partial charge in [0.05, 0.1) is 30.3 Å². The Hall–Kier alpha value is -3.71. The fourth-order valence-electron chi connectivity index (χ4n) is 4.35. The van der Waals surface area contributed by atoms with Crippen molar-refractivity contribution in [3.63, 3.8) is 0 Å². The molecule has 0 N–H and O–H groups in total. The summed E-state index contributed by atoms with van der Waals surface area (Å²) in [4.78, 5) is 0.268. The maximum absolute atomic E-state index is 12.0. The molecule has 0 fully saturated rings. The average Bonchev–Trinajstić information content (AvgIpc) is 3.27. The van der Waals surface area contributed by atoms with E-state index < -0.39 is 9.84 Å². The Balaban J connectivity index is 1.62. The van der Waals surface area contributed by atoms with Crippen LogP contribution in [-0.4, -0.2) is 24.5 Å². The maximum atomic E-state index is 12.0. The Morgan fingerprint density at radius 1 is 0.737 bits per heavy atom. The van der Waals surface area contributed by atoms with E-state index in [1.165, 1.54) is 6.26 Å². The van der Waals surface area contributed by atoms with Crippen molar-refractivity contribution in [1.82, 2.24) is 9.78 Å². The van der Waals surface area contributed by atoms with E-state index in [1.54, 1.807) is 24.3 Å². The summed E-state index contributed by atoms with van der Waals surface area (Å²) in [5.74, 6) is 0. The molecular formula is C31H27ClN2O3S. The van der Waals surface area contributed by atoms with Crippen LogP contribution in [0.5, 0.6) is 0 Å². The van der Waals surface area contributed by atoms with Gasteiger partial charge in [-0.2, -0.15) is 5.10 Å². The largest absolute Gasteiger partial charge is 0.370 e. The molecule has 0 aliphatic rings. The normalized spacial score (nSPS) is 11.5. The van der Waals surface area contributed by atoms with Gasteiger partial charge in [0, 0.05) is 22.4 Å². The van der Waals surface area contributed by atoms with E-state index in [2.05, 4.69) is 12.1 Å². The number of hydrogen-bond donors (Lipinski definition) is 0. The van der Waals surface area contributed by atoms with Gasteiger partial charge in [-0.15, -0.1) is 0 Å². The zero-order chi connectivity index (χ0) is 26.5. The highest BCUT2D eigenvalue weighted by Crippen LogP contribution is 2.36. The van der Waals surface area contributed by atoms with Crippen molar-refractivity contribution >= 4 is 21.4 Å². The maximum Gasteiger partial charge on any atom is 0.175 e. The zero-order valence-corrected chi connectivity index (χ0v) is 22.5. The lowest BCUT2D eigenvalue weighted by molar-refractivity contribution is 0.102. The molecule has 5 aromatic rings. The molecule has 0 radical (unpaired) electrons. The van der Waals surface area contributed by atoms with Gasteiger partial charge in [-0.05, 0) is 41.0 Å². The fourth-order valence-corrected chi connectivity index (χ4v) is 5.11. The summed E-state index contributed by atoms with van der Waals surface area (Å²) in [6, 6.07) is 34.7. The fraction of sp³-hybridized carbons (Fsp3) is 0.129. The summed E-state index contributed by atoms with van der Waals surface area (Å²) in [7, 11) is -3.31. The molecule has 0 aliphatic heterocycles. The number of benzene rings is 4. The quantitative estimate of drug-likeness (QED) is 0.200. The first-order valence-electron chi connectivity index (χ1n) is 12.2. The van der Waals surface area contributed by atoms with E-state index >= 15 is 0 Å². The number of halogens is 1. The molecule has 0 atom stereocenters. The first kappa shape index (κ1) is 25.9. The van der Waals surface area contributed by atoms with Crippen molar-refractivity contribution in [2.45, 2.75) is 24.7 Å². The van der Waals surface area contributed by atoms with Gasteiger partial charge >= 0.3 is 0 Å². The van der Waals surface area contributed by atoms with Gasteiger partial charge in [-0.25, -0.2) is 8.42 Å². The van der Waals surface area contributed by atoms with Crippen LogP contribution in [0.1, 0.15) is 16.8 Å². The Morgan fingerprint density at radius 3 is 1.92 bits per heavy atom. The number of aromatic nitrogens is 2. The minimum atomic E-state index is -3.31. The van der Waals surface area contributed by atoms with Crippen LogP contribution in [0.25, 0.3) is 22.4 Å². The van der Waals surface area contributed by atoms with Gasteiger partial charge in [0.15, 0.2) is 9.84 Å². The first-order chi connectivity index (χ1) is 18.4. The minimum Gasteiger partial charge on any atom is -0.370 e. The van der Waals surface area contributed by atoms with Crippen molar-refractivity contribution < 1.29 is 13.2 Å². The predicted octanol–water partition coefficient (Wildman–Crippen LogP) is 7.04. The van der Waals surface area contributed by atoms with Gasteiger partial charge < -0.3 is 4.74 Å². The Bertz CT molecular complexity index is 1620. The Labute approximate surface area is 228 Å². The lowest BCUT2D eigenvalue weighted by atomic mass is 9.99. The molecule has 0 amide bonds. The molecular weight excluding hydrogens is 516 g/mol. The second-order valence-electron chi connectivity index (χ2n) is 9.10. The van der Waals surface area contributed by atoms with Crippen molar-refractivity contribution in [1.29, 1.82) is 0 Å². The zero-order valence-electron chi connectivity index (χ0n) is 20.9. The van der Waals surface area contributed by atoms with Crippen LogP contribution in [0.4, 0.5) is 0 Å². The molecule has 5 nitrogen and oxygen atoms in total. The smallest absolute Gasteiger partial charge is 0.175 e. The highest BCUT2D eigenvalue weighted by molar-refractivity contribution is 7.90. The van der Waals surface area contributed by atoms with Crippen molar-refractivity contribution in [3.05, 3.63) is 131 Å². The second kappa shape index (κ2) is 11.4. The molecule has 4 aromatic carbocycles. The molecule has 0 saturated heterocycles. The third-order valence-corrected chi connectivity index (χ3v) is 7.65. The molecule has 7 heteroatoms. The molecule has 1 aromatic heterocycles. The number of sulfone groups is 1. The van der Waals surface area contributed by atoms with E-state index in [1.807, 2.05) is 77.5 Å². The van der Waals surface area contributed by atoms with Crippen LogP contribution in [0, 0.1) is 0 Å². The lowest BCUT2D eigenvalue weighted by Crippen LogP contribution is -2.08. The molecule has 5 rings (SSSR count). The number of hydrogen-bond acceptors (Lipinski definition) is 4. The van der Waals surface area contributed by atoms with Crippen molar-refractivity contribution in [3.8, 4) is 22.4 Å². The van der Waals surface area contributed by atoms with Crippen LogP contribution in [0.15, 0.2) is 114 Å². The van der Waals surface area contributed by atoms with Crippen molar-refractivity contribution in [2.75, 3.05) is 6.26 Å². The monoisotopic (exact) mass is 542 g/mol. The summed E-state index contributed by atoms with van der Waals surface area (Å²) in [6.45, 7) is 1.37. The molecule has 0 unspecified atom stereocenters. The average molecular weight is 543 g/mol. The second-order valence-corrected chi connectivity index (χ2v) is 11.5. The van der Waals surface area contributed by atoms with E-state index in [4.69, 9.17) is 21.4 Å². The lowest BCUT2D eigenvalue weighted by Gasteiger charge is -2.12. The number of ether oxygens (including phenoxy) is 1. The molecule has 38 heavy (non-hydrogen) atoms. The van der Waals surface area contributed by atoms with E-state index in [9.17, 15) is 8.42 Å². The topological polar surface area (TPSA) is 61.2 Å². The first-order valence-corrected chi connectivity index (χ1v) is 14.5. The Morgan fingerprint density at radius 2 is 1.32 bits per heavy atom. The molecule has 192 valence electrons. The van der Waals surface area contributed by atoms with E-state index in [-0.39, 0.29) is 4.90 Å². The third-order valence-electron chi connectivity index (χ3n) is 6.27. The number of rotatable bonds is 9. The number of nitrogens with zero attached hydrogens (tertiary/aromatic N) is 2. The van der Waals surface area contributed by atoms with Crippen LogP contribution < -0.4 is 0 Å².